The van der Waals surface area contributed by atoms with E-state index in [0.717, 1.165) is 6.29 Å². The monoisotopic (exact) mass is 131 g/mol. The topological polar surface area (TPSA) is 46.2 Å². The van der Waals surface area contributed by atoms with E-state index in [2.05, 4.69) is 5.32 Å². The van der Waals surface area contributed by atoms with E-state index < -0.39 is 0 Å². The van der Waals surface area contributed by atoms with E-state index in [1.807, 2.05) is 0 Å². The third-order valence-corrected chi connectivity index (χ3v) is 1.84. The molecule has 0 bridgehead atoms. The van der Waals surface area contributed by atoms with Crippen molar-refractivity contribution >= 4 is 24.0 Å². The van der Waals surface area contributed by atoms with E-state index in [0.29, 0.717) is 5.75 Å². The van der Waals surface area contributed by atoms with Crippen LogP contribution in [0.4, 0.5) is 0 Å². The van der Waals surface area contributed by atoms with Crippen molar-refractivity contribution in [2.75, 3.05) is 5.75 Å². The van der Waals surface area contributed by atoms with Gasteiger partial charge in [-0.1, -0.05) is 0 Å². The highest BCUT2D eigenvalue weighted by molar-refractivity contribution is 8.01. The minimum Gasteiger partial charge on any atom is -0.337 e. The molecule has 3 nitrogen and oxygen atoms in total. The second-order valence-electron chi connectivity index (χ2n) is 1.44. The second-order valence-corrected chi connectivity index (χ2v) is 2.57. The summed E-state index contributed by atoms with van der Waals surface area (Å²) in [6.07, 6.45) is 0.732. The van der Waals surface area contributed by atoms with E-state index in [9.17, 15) is 9.59 Å². The molecule has 0 radical (unpaired) electrons. The van der Waals surface area contributed by atoms with Gasteiger partial charge >= 0.3 is 0 Å². The van der Waals surface area contributed by atoms with Crippen LogP contribution in [0.1, 0.15) is 0 Å². The Balaban J connectivity index is 2.43. The summed E-state index contributed by atoms with van der Waals surface area (Å²) in [4.78, 5) is 20.2. The van der Waals surface area contributed by atoms with E-state index in [-0.39, 0.29) is 11.3 Å². The highest BCUT2D eigenvalue weighted by Crippen LogP contribution is 2.11. The normalized spacial score (nSPS) is 27.5. The Morgan fingerprint density at radius 3 is 2.88 bits per heavy atom. The average Bonchev–Trinajstić information content (AvgIpc) is 2.14. The number of carbonyl (C=O) groups excluding carboxylic acids is 2. The predicted molar refractivity (Wildman–Crippen MR) is 30.5 cm³/mol. The Hall–Kier alpha value is -0.510. The van der Waals surface area contributed by atoms with Crippen molar-refractivity contribution in [3.05, 3.63) is 0 Å². The molecule has 0 aromatic rings. The van der Waals surface area contributed by atoms with Gasteiger partial charge in [-0.05, 0) is 0 Å². The van der Waals surface area contributed by atoms with Crippen LogP contribution in [0.2, 0.25) is 0 Å². The molecule has 0 aromatic carbocycles. The standard InChI is InChI=1S/C4H5NO2S/c6-1-4-5-3(7)2-8-4/h1,4H,2H2,(H,5,7). The fourth-order valence-electron chi connectivity index (χ4n) is 0.481. The Morgan fingerprint density at radius 1 is 1.88 bits per heavy atom. The van der Waals surface area contributed by atoms with Gasteiger partial charge in [0.2, 0.25) is 5.91 Å². The van der Waals surface area contributed by atoms with Crippen LogP contribution in [0.5, 0.6) is 0 Å². The van der Waals surface area contributed by atoms with Crippen LogP contribution in [-0.2, 0) is 9.59 Å². The van der Waals surface area contributed by atoms with Gasteiger partial charge in [0, 0.05) is 0 Å². The van der Waals surface area contributed by atoms with E-state index >= 15 is 0 Å². The first-order valence-electron chi connectivity index (χ1n) is 2.19. The van der Waals surface area contributed by atoms with Crippen molar-refractivity contribution in [1.29, 1.82) is 0 Å². The Labute approximate surface area is 50.8 Å². The predicted octanol–water partition coefficient (Wildman–Crippen LogP) is -0.626. The zero-order valence-corrected chi connectivity index (χ0v) is 4.90. The summed E-state index contributed by atoms with van der Waals surface area (Å²) in [5.74, 6) is 0.371. The molecule has 0 aromatic heterocycles. The van der Waals surface area contributed by atoms with Gasteiger partial charge in [-0.25, -0.2) is 0 Å². The number of aldehydes is 1. The van der Waals surface area contributed by atoms with Crippen molar-refractivity contribution in [2.45, 2.75) is 5.37 Å². The van der Waals surface area contributed by atoms with Crippen molar-refractivity contribution in [3.63, 3.8) is 0 Å². The summed E-state index contributed by atoms with van der Waals surface area (Å²) in [5, 5.41) is 2.17. The lowest BCUT2D eigenvalue weighted by atomic mass is 10.6. The number of thioether (sulfide) groups is 1. The molecule has 1 fully saturated rings. The third-order valence-electron chi connectivity index (χ3n) is 0.821. The molecule has 4 heteroatoms. The smallest absolute Gasteiger partial charge is 0.231 e. The summed E-state index contributed by atoms with van der Waals surface area (Å²) < 4.78 is 0. The fraction of sp³-hybridized carbons (Fsp3) is 0.500. The SMILES string of the molecule is O=CC1NC(=O)CS1. The van der Waals surface area contributed by atoms with Crippen LogP contribution in [0.3, 0.4) is 0 Å². The first-order chi connectivity index (χ1) is 3.83. The van der Waals surface area contributed by atoms with Gasteiger partial charge in [0.25, 0.3) is 0 Å². The van der Waals surface area contributed by atoms with Gasteiger partial charge in [0.1, 0.15) is 5.37 Å². The number of rotatable bonds is 1. The molecule has 1 unspecified atom stereocenters. The van der Waals surface area contributed by atoms with Crippen LogP contribution < -0.4 is 5.32 Å². The lowest BCUT2D eigenvalue weighted by molar-refractivity contribution is -0.119. The van der Waals surface area contributed by atoms with Gasteiger partial charge in [-0.15, -0.1) is 11.8 Å². The fourth-order valence-corrected chi connectivity index (χ4v) is 1.19. The van der Waals surface area contributed by atoms with Crippen molar-refractivity contribution in [1.82, 2.24) is 5.32 Å². The van der Waals surface area contributed by atoms with Crippen LogP contribution >= 0.6 is 11.8 Å². The van der Waals surface area contributed by atoms with E-state index in [1.54, 1.807) is 0 Å². The Kier molecular flexibility index (Phi) is 1.53. The largest absolute Gasteiger partial charge is 0.337 e. The molecule has 1 heterocycles. The molecule has 1 rings (SSSR count). The number of carbonyl (C=O) groups is 2. The molecule has 1 atom stereocenters. The molecule has 1 amide bonds. The summed E-state index contributed by atoms with van der Waals surface area (Å²) in [6, 6.07) is 0. The maximum atomic E-state index is 10.3. The molecular weight excluding hydrogens is 126 g/mol. The summed E-state index contributed by atoms with van der Waals surface area (Å²) in [7, 11) is 0. The van der Waals surface area contributed by atoms with Crippen LogP contribution in [0, 0.1) is 0 Å². The molecule has 8 heavy (non-hydrogen) atoms. The Bertz CT molecular complexity index is 125. The minimum atomic E-state index is -0.289. The van der Waals surface area contributed by atoms with Gasteiger partial charge in [-0.3, -0.25) is 4.79 Å². The molecular formula is C4H5NO2S. The first-order valence-corrected chi connectivity index (χ1v) is 3.24. The molecule has 0 spiro atoms. The third kappa shape index (κ3) is 1.01. The molecule has 0 aliphatic carbocycles. The zero-order chi connectivity index (χ0) is 5.98. The zero-order valence-electron chi connectivity index (χ0n) is 4.09. The summed E-state index contributed by atoms with van der Waals surface area (Å²) in [6.45, 7) is 0. The second kappa shape index (κ2) is 2.17. The lowest BCUT2D eigenvalue weighted by Crippen LogP contribution is -2.25. The average molecular weight is 131 g/mol. The van der Waals surface area contributed by atoms with Gasteiger partial charge in [0.15, 0.2) is 6.29 Å². The van der Waals surface area contributed by atoms with Crippen LogP contribution in [0.15, 0.2) is 0 Å². The van der Waals surface area contributed by atoms with Crippen LogP contribution in [-0.4, -0.2) is 23.3 Å². The molecule has 1 aliphatic heterocycles. The van der Waals surface area contributed by atoms with Gasteiger partial charge in [0.05, 0.1) is 5.75 Å². The Morgan fingerprint density at radius 2 is 2.62 bits per heavy atom. The molecule has 1 aliphatic rings. The number of hydrogen-bond donors (Lipinski definition) is 1. The maximum Gasteiger partial charge on any atom is 0.231 e. The number of amides is 1. The quantitative estimate of drug-likeness (QED) is 0.482. The van der Waals surface area contributed by atoms with Gasteiger partial charge in [-0.2, -0.15) is 0 Å². The molecule has 1 N–H and O–H groups in total. The first kappa shape index (κ1) is 5.62. The summed E-state index contributed by atoms with van der Waals surface area (Å²) in [5.41, 5.74) is 0. The van der Waals surface area contributed by atoms with Crippen LogP contribution in [0.25, 0.3) is 0 Å². The lowest BCUT2D eigenvalue weighted by Gasteiger charge is -1.93. The van der Waals surface area contributed by atoms with Crippen molar-refractivity contribution in [3.8, 4) is 0 Å². The van der Waals surface area contributed by atoms with Crippen molar-refractivity contribution < 1.29 is 9.59 Å². The molecule has 44 valence electrons. The van der Waals surface area contributed by atoms with Crippen molar-refractivity contribution in [2.24, 2.45) is 0 Å². The number of nitrogens with one attached hydrogen (secondary N) is 1. The highest BCUT2D eigenvalue weighted by atomic mass is 32.2. The molecule has 0 saturated carbocycles. The van der Waals surface area contributed by atoms with E-state index in [4.69, 9.17) is 0 Å². The van der Waals surface area contributed by atoms with E-state index in [1.165, 1.54) is 11.8 Å². The number of hydrogen-bond acceptors (Lipinski definition) is 3. The minimum absolute atomic E-state index is 0.0490. The maximum absolute atomic E-state index is 10.3. The summed E-state index contributed by atoms with van der Waals surface area (Å²) >= 11 is 1.32. The molecule has 1 saturated heterocycles. The van der Waals surface area contributed by atoms with Gasteiger partial charge < -0.3 is 10.1 Å². The highest BCUT2D eigenvalue weighted by Gasteiger charge is 2.19.